The summed E-state index contributed by atoms with van der Waals surface area (Å²) in [5, 5.41) is 6.01. The number of ether oxygens (including phenoxy) is 1. The summed E-state index contributed by atoms with van der Waals surface area (Å²) in [6.45, 7) is 6.72. The molecule has 1 N–H and O–H groups in total. The third-order valence-electron chi connectivity index (χ3n) is 4.65. The molecule has 3 nitrogen and oxygen atoms in total. The lowest BCUT2D eigenvalue weighted by Gasteiger charge is -2.36. The molecule has 1 heterocycles. The third kappa shape index (κ3) is 2.96. The summed E-state index contributed by atoms with van der Waals surface area (Å²) in [5.74, 6) is 0.968. The Morgan fingerprint density at radius 3 is 2.50 bits per heavy atom. The van der Waals surface area contributed by atoms with Crippen molar-refractivity contribution in [2.45, 2.75) is 25.8 Å². The predicted molar refractivity (Wildman–Crippen MR) is 92.6 cm³/mol. The summed E-state index contributed by atoms with van der Waals surface area (Å²) in [7, 11) is 1.75. The first-order valence-electron chi connectivity index (χ1n) is 8.35. The minimum atomic E-state index is 0.503. The van der Waals surface area contributed by atoms with Crippen molar-refractivity contribution >= 4 is 10.8 Å². The molecule has 2 aromatic carbocycles. The van der Waals surface area contributed by atoms with Gasteiger partial charge in [0.2, 0.25) is 0 Å². The molecule has 0 aromatic heterocycles. The van der Waals surface area contributed by atoms with Crippen molar-refractivity contribution in [3.63, 3.8) is 0 Å². The average molecular weight is 298 g/mol. The van der Waals surface area contributed by atoms with E-state index in [1.54, 1.807) is 7.11 Å². The average Bonchev–Trinajstić information content (AvgIpc) is 2.60. The van der Waals surface area contributed by atoms with Crippen molar-refractivity contribution in [1.29, 1.82) is 0 Å². The van der Waals surface area contributed by atoms with E-state index < -0.39 is 0 Å². The van der Waals surface area contributed by atoms with Gasteiger partial charge in [0.15, 0.2) is 0 Å². The molecule has 1 fully saturated rings. The Morgan fingerprint density at radius 1 is 1.09 bits per heavy atom. The summed E-state index contributed by atoms with van der Waals surface area (Å²) < 4.78 is 5.54. The van der Waals surface area contributed by atoms with Gasteiger partial charge >= 0.3 is 0 Å². The van der Waals surface area contributed by atoms with E-state index >= 15 is 0 Å². The Labute approximate surface area is 133 Å². The van der Waals surface area contributed by atoms with E-state index in [4.69, 9.17) is 4.74 Å². The molecule has 0 radical (unpaired) electrons. The molecule has 0 amide bonds. The zero-order valence-electron chi connectivity index (χ0n) is 13.6. The fourth-order valence-corrected chi connectivity index (χ4v) is 3.57. The highest BCUT2D eigenvalue weighted by Crippen LogP contribution is 2.35. The van der Waals surface area contributed by atoms with Gasteiger partial charge in [-0.1, -0.05) is 43.7 Å². The lowest BCUT2D eigenvalue weighted by atomic mass is 9.94. The molecule has 0 aliphatic carbocycles. The predicted octanol–water partition coefficient (Wildman–Crippen LogP) is 3.59. The molecule has 0 spiro atoms. The fourth-order valence-electron chi connectivity index (χ4n) is 3.57. The van der Waals surface area contributed by atoms with Crippen LogP contribution in [0.2, 0.25) is 0 Å². The molecule has 1 saturated heterocycles. The summed E-state index contributed by atoms with van der Waals surface area (Å²) in [6.07, 6.45) is 2.41. The van der Waals surface area contributed by atoms with Gasteiger partial charge in [-0.05, 0) is 23.4 Å². The topological polar surface area (TPSA) is 24.5 Å². The van der Waals surface area contributed by atoms with Crippen molar-refractivity contribution in [2.75, 3.05) is 33.3 Å². The molecule has 0 unspecified atom stereocenters. The molecule has 0 bridgehead atoms. The number of piperazine rings is 1. The summed E-state index contributed by atoms with van der Waals surface area (Å²) in [6, 6.07) is 13.5. The van der Waals surface area contributed by atoms with E-state index in [-0.39, 0.29) is 0 Å². The van der Waals surface area contributed by atoms with E-state index in [2.05, 4.69) is 53.5 Å². The van der Waals surface area contributed by atoms with Gasteiger partial charge in [-0.3, -0.25) is 4.90 Å². The first-order valence-corrected chi connectivity index (χ1v) is 8.35. The van der Waals surface area contributed by atoms with Crippen molar-refractivity contribution in [2.24, 2.45) is 0 Å². The van der Waals surface area contributed by atoms with Crippen LogP contribution in [-0.2, 0) is 0 Å². The molecule has 22 heavy (non-hydrogen) atoms. The van der Waals surface area contributed by atoms with Gasteiger partial charge < -0.3 is 10.1 Å². The second-order valence-electron chi connectivity index (χ2n) is 5.99. The molecule has 1 aliphatic heterocycles. The first kappa shape index (κ1) is 15.3. The van der Waals surface area contributed by atoms with Crippen molar-refractivity contribution in [1.82, 2.24) is 10.2 Å². The minimum Gasteiger partial charge on any atom is -0.496 e. The standard InChI is InChI=1S/C19H26N2O/c1-3-6-18(21-13-11-20-12-14-21)16-9-10-19(22-2)17-8-5-4-7-15(16)17/h4-5,7-10,18,20H,3,6,11-14H2,1-2H3/t18-/m1/s1. The van der Waals surface area contributed by atoms with Crippen LogP contribution >= 0.6 is 0 Å². The highest BCUT2D eigenvalue weighted by atomic mass is 16.5. The maximum absolute atomic E-state index is 5.54. The number of hydrogen-bond acceptors (Lipinski definition) is 3. The van der Waals surface area contributed by atoms with Crippen LogP contribution < -0.4 is 10.1 Å². The van der Waals surface area contributed by atoms with E-state index in [9.17, 15) is 0 Å². The normalized spacial score (nSPS) is 17.5. The third-order valence-corrected chi connectivity index (χ3v) is 4.65. The lowest BCUT2D eigenvalue weighted by Crippen LogP contribution is -2.45. The highest BCUT2D eigenvalue weighted by Gasteiger charge is 2.23. The quantitative estimate of drug-likeness (QED) is 0.913. The minimum absolute atomic E-state index is 0.503. The Hall–Kier alpha value is -1.58. The molecule has 1 aliphatic rings. The van der Waals surface area contributed by atoms with Crippen molar-refractivity contribution in [3.05, 3.63) is 42.0 Å². The monoisotopic (exact) mass is 298 g/mol. The van der Waals surface area contributed by atoms with Gasteiger partial charge in [0, 0.05) is 37.6 Å². The smallest absolute Gasteiger partial charge is 0.126 e. The van der Waals surface area contributed by atoms with Gasteiger partial charge in [0.1, 0.15) is 5.75 Å². The molecule has 1 atom stereocenters. The van der Waals surface area contributed by atoms with Crippen LogP contribution in [0.25, 0.3) is 10.8 Å². The largest absolute Gasteiger partial charge is 0.496 e. The van der Waals surface area contributed by atoms with Crippen LogP contribution in [0.1, 0.15) is 31.4 Å². The summed E-state index contributed by atoms with van der Waals surface area (Å²) in [5.41, 5.74) is 1.44. The van der Waals surface area contributed by atoms with Crippen LogP contribution in [0.15, 0.2) is 36.4 Å². The zero-order valence-corrected chi connectivity index (χ0v) is 13.6. The molecule has 2 aromatic rings. The van der Waals surface area contributed by atoms with Crippen LogP contribution in [0.5, 0.6) is 5.75 Å². The number of hydrogen-bond donors (Lipinski definition) is 1. The first-order chi connectivity index (χ1) is 10.8. The number of benzene rings is 2. The van der Waals surface area contributed by atoms with E-state index in [1.807, 2.05) is 0 Å². The van der Waals surface area contributed by atoms with Crippen LogP contribution in [0, 0.1) is 0 Å². The zero-order chi connectivity index (χ0) is 15.4. The number of fused-ring (bicyclic) bond motifs is 1. The lowest BCUT2D eigenvalue weighted by molar-refractivity contribution is 0.165. The van der Waals surface area contributed by atoms with E-state index in [1.165, 1.54) is 29.2 Å². The van der Waals surface area contributed by atoms with Gasteiger partial charge in [-0.25, -0.2) is 0 Å². The van der Waals surface area contributed by atoms with E-state index in [0.29, 0.717) is 6.04 Å². The highest BCUT2D eigenvalue weighted by molar-refractivity contribution is 5.91. The van der Waals surface area contributed by atoms with Crippen LogP contribution in [0.4, 0.5) is 0 Å². The van der Waals surface area contributed by atoms with Gasteiger partial charge in [-0.2, -0.15) is 0 Å². The SMILES string of the molecule is CCC[C@H](c1ccc(OC)c2ccccc12)N1CCNCC1. The molecule has 3 heteroatoms. The van der Waals surface area contributed by atoms with Gasteiger partial charge in [0.25, 0.3) is 0 Å². The maximum Gasteiger partial charge on any atom is 0.126 e. The molecule has 0 saturated carbocycles. The second-order valence-corrected chi connectivity index (χ2v) is 5.99. The number of nitrogens with one attached hydrogen (secondary N) is 1. The Balaban J connectivity index is 2.05. The molecule has 118 valence electrons. The van der Waals surface area contributed by atoms with Crippen molar-refractivity contribution < 1.29 is 4.74 Å². The van der Waals surface area contributed by atoms with Gasteiger partial charge in [0.05, 0.1) is 7.11 Å². The maximum atomic E-state index is 5.54. The number of methoxy groups -OCH3 is 1. The molecular formula is C19H26N2O. The van der Waals surface area contributed by atoms with Crippen LogP contribution in [-0.4, -0.2) is 38.2 Å². The molecular weight excluding hydrogens is 272 g/mol. The number of nitrogens with zero attached hydrogens (tertiary/aromatic N) is 1. The number of rotatable bonds is 5. The summed E-state index contributed by atoms with van der Waals surface area (Å²) in [4.78, 5) is 2.63. The Morgan fingerprint density at radius 2 is 1.82 bits per heavy atom. The van der Waals surface area contributed by atoms with Crippen LogP contribution in [0.3, 0.4) is 0 Å². The second kappa shape index (κ2) is 7.12. The van der Waals surface area contributed by atoms with Crippen molar-refractivity contribution in [3.8, 4) is 5.75 Å². The molecule has 3 rings (SSSR count). The Bertz CT molecular complexity index is 620. The van der Waals surface area contributed by atoms with E-state index in [0.717, 1.165) is 31.9 Å². The fraction of sp³-hybridized carbons (Fsp3) is 0.474. The Kier molecular flexibility index (Phi) is 4.96. The van der Waals surface area contributed by atoms with Gasteiger partial charge in [-0.15, -0.1) is 0 Å². The summed E-state index contributed by atoms with van der Waals surface area (Å²) >= 11 is 0.